The Morgan fingerprint density at radius 1 is 0.966 bits per heavy atom. The maximum atomic E-state index is 10.7. The van der Waals surface area contributed by atoms with Crippen LogP contribution in [0.15, 0.2) is 11.6 Å². The van der Waals surface area contributed by atoms with E-state index in [9.17, 15) is 10.2 Å². The van der Waals surface area contributed by atoms with Crippen LogP contribution in [0.2, 0.25) is 0 Å². The quantitative estimate of drug-likeness (QED) is 0.525. The van der Waals surface area contributed by atoms with E-state index >= 15 is 0 Å². The van der Waals surface area contributed by atoms with Crippen molar-refractivity contribution in [3.05, 3.63) is 11.6 Å². The molecule has 3 saturated carbocycles. The molecule has 0 aliphatic heterocycles. The molecule has 3 fully saturated rings. The van der Waals surface area contributed by atoms with Crippen molar-refractivity contribution in [2.75, 3.05) is 0 Å². The summed E-state index contributed by atoms with van der Waals surface area (Å²) in [5.41, 5.74) is 1.81. The molecular weight excluding hydrogens is 356 g/mol. The van der Waals surface area contributed by atoms with Gasteiger partial charge in [-0.2, -0.15) is 0 Å². The molecule has 4 aliphatic rings. The van der Waals surface area contributed by atoms with Crippen molar-refractivity contribution >= 4 is 0 Å². The fraction of sp³-hybridized carbons (Fsp3) is 0.926. The zero-order chi connectivity index (χ0) is 21.0. The van der Waals surface area contributed by atoms with Gasteiger partial charge in [-0.3, -0.25) is 0 Å². The summed E-state index contributed by atoms with van der Waals surface area (Å²) in [6.45, 7) is 12.3. The van der Waals surface area contributed by atoms with E-state index in [0.717, 1.165) is 48.9 Å². The zero-order valence-corrected chi connectivity index (χ0v) is 19.7. The third kappa shape index (κ3) is 3.55. The van der Waals surface area contributed by atoms with Gasteiger partial charge >= 0.3 is 0 Å². The van der Waals surface area contributed by atoms with E-state index in [2.05, 4.69) is 40.7 Å². The molecule has 0 aromatic rings. The van der Waals surface area contributed by atoms with E-state index in [1.54, 1.807) is 0 Å². The van der Waals surface area contributed by atoms with Gasteiger partial charge in [0.2, 0.25) is 0 Å². The number of hydrogen-bond donors (Lipinski definition) is 2. The monoisotopic (exact) mass is 402 g/mol. The highest BCUT2D eigenvalue weighted by Gasteiger charge is 2.60. The van der Waals surface area contributed by atoms with Gasteiger partial charge in [0.15, 0.2) is 0 Å². The normalized spacial score (nSPS) is 47.9. The lowest BCUT2D eigenvalue weighted by Gasteiger charge is -2.59. The minimum atomic E-state index is -0.625. The van der Waals surface area contributed by atoms with E-state index in [0.29, 0.717) is 11.3 Å². The molecule has 4 rings (SSSR count). The van der Waals surface area contributed by atoms with Gasteiger partial charge in [-0.05, 0) is 96.9 Å². The van der Waals surface area contributed by atoms with Crippen LogP contribution >= 0.6 is 0 Å². The van der Waals surface area contributed by atoms with Gasteiger partial charge in [-0.1, -0.05) is 60.0 Å². The van der Waals surface area contributed by atoms with Crippen LogP contribution in [0.3, 0.4) is 0 Å². The second-order valence-corrected chi connectivity index (χ2v) is 12.3. The highest BCUT2D eigenvalue weighted by molar-refractivity contribution is 5.29. The van der Waals surface area contributed by atoms with Crippen molar-refractivity contribution in [2.24, 2.45) is 46.3 Å². The Morgan fingerprint density at radius 3 is 2.45 bits per heavy atom. The average Bonchev–Trinajstić information content (AvgIpc) is 3.02. The lowest BCUT2D eigenvalue weighted by atomic mass is 9.46. The predicted octanol–water partition coefficient (Wildman–Crippen LogP) is 6.36. The topological polar surface area (TPSA) is 40.5 Å². The van der Waals surface area contributed by atoms with Gasteiger partial charge in [-0.15, -0.1) is 0 Å². The number of hydrogen-bond acceptors (Lipinski definition) is 2. The van der Waals surface area contributed by atoms with Crippen LogP contribution in [-0.4, -0.2) is 22.4 Å². The number of allylic oxidation sites excluding steroid dienone is 1. The molecule has 0 spiro atoms. The van der Waals surface area contributed by atoms with E-state index in [4.69, 9.17) is 0 Å². The molecule has 2 N–H and O–H groups in total. The Balaban J connectivity index is 1.51. The maximum absolute atomic E-state index is 10.7. The first-order valence-electron chi connectivity index (χ1n) is 12.7. The second-order valence-electron chi connectivity index (χ2n) is 12.3. The highest BCUT2D eigenvalue weighted by Crippen LogP contribution is 2.67. The van der Waals surface area contributed by atoms with Crippen LogP contribution in [0, 0.1) is 46.3 Å². The molecule has 2 heteroatoms. The smallest absolute Gasteiger partial charge is 0.101 e. The first-order valence-corrected chi connectivity index (χ1v) is 12.7. The highest BCUT2D eigenvalue weighted by atomic mass is 16.3. The van der Waals surface area contributed by atoms with Crippen LogP contribution < -0.4 is 0 Å². The molecule has 4 aliphatic carbocycles. The Morgan fingerprint density at radius 2 is 1.72 bits per heavy atom. The Labute approximate surface area is 179 Å². The summed E-state index contributed by atoms with van der Waals surface area (Å²) in [5, 5.41) is 20.9. The minimum Gasteiger partial charge on any atom is -0.390 e. The largest absolute Gasteiger partial charge is 0.390 e. The maximum Gasteiger partial charge on any atom is 0.101 e. The summed E-state index contributed by atoms with van der Waals surface area (Å²) in [7, 11) is 0. The SMILES string of the molecule is CC(C)CCCC(C)[C@H]1CC[C@H]2[C@@H]3CC=C4[C@@H](O)C(O)CC[C@]4(C)[C@H]3CC[C@]12C. The van der Waals surface area contributed by atoms with Gasteiger partial charge in [-0.25, -0.2) is 0 Å². The van der Waals surface area contributed by atoms with Crippen molar-refractivity contribution in [2.45, 2.75) is 111 Å². The Kier molecular flexibility index (Phi) is 6.01. The van der Waals surface area contributed by atoms with E-state index < -0.39 is 12.2 Å². The summed E-state index contributed by atoms with van der Waals surface area (Å²) in [6.07, 6.45) is 13.9. The molecule has 0 saturated heterocycles. The fourth-order valence-corrected chi connectivity index (χ4v) is 8.74. The first kappa shape index (κ1) is 21.9. The molecule has 0 aromatic carbocycles. The number of rotatable bonds is 5. The Bertz CT molecular complexity index is 624. The summed E-state index contributed by atoms with van der Waals surface area (Å²) in [6, 6.07) is 0. The summed E-state index contributed by atoms with van der Waals surface area (Å²) in [5.74, 6) is 4.95. The summed E-state index contributed by atoms with van der Waals surface area (Å²) >= 11 is 0. The lowest BCUT2D eigenvalue weighted by molar-refractivity contribution is -0.0801. The molecule has 166 valence electrons. The lowest BCUT2D eigenvalue weighted by Crippen LogP contribution is -2.53. The van der Waals surface area contributed by atoms with Crippen molar-refractivity contribution < 1.29 is 10.2 Å². The van der Waals surface area contributed by atoms with Gasteiger partial charge in [0.1, 0.15) is 6.10 Å². The van der Waals surface area contributed by atoms with Crippen LogP contribution in [0.5, 0.6) is 0 Å². The molecule has 0 bridgehead atoms. The molecule has 2 nitrogen and oxygen atoms in total. The summed E-state index contributed by atoms with van der Waals surface area (Å²) < 4.78 is 0. The van der Waals surface area contributed by atoms with Crippen molar-refractivity contribution in [1.29, 1.82) is 0 Å². The third-order valence-electron chi connectivity index (χ3n) is 10.4. The van der Waals surface area contributed by atoms with Crippen molar-refractivity contribution in [3.63, 3.8) is 0 Å². The first-order chi connectivity index (χ1) is 13.7. The van der Waals surface area contributed by atoms with Crippen LogP contribution in [0.1, 0.15) is 98.8 Å². The second kappa shape index (κ2) is 7.97. The molecular formula is C27H46O2. The molecule has 0 heterocycles. The average molecular weight is 403 g/mol. The van der Waals surface area contributed by atoms with E-state index in [-0.39, 0.29) is 5.41 Å². The van der Waals surface area contributed by atoms with Crippen LogP contribution in [0.25, 0.3) is 0 Å². The fourth-order valence-electron chi connectivity index (χ4n) is 8.74. The van der Waals surface area contributed by atoms with E-state index in [1.165, 1.54) is 50.5 Å². The van der Waals surface area contributed by atoms with Gasteiger partial charge < -0.3 is 10.2 Å². The van der Waals surface area contributed by atoms with Gasteiger partial charge in [0, 0.05) is 0 Å². The Hall–Kier alpha value is -0.340. The predicted molar refractivity (Wildman–Crippen MR) is 120 cm³/mol. The standard InChI is InChI=1S/C27H46O2/c1-17(2)7-6-8-18(3)20-11-12-21-19-9-10-23-25(29)24(28)14-16-27(23,5)22(19)13-15-26(20,21)4/h10,17-22,24-25,28-29H,6-9,11-16H2,1-5H3/t18?,19-,20+,21-,22-,24?,25+,26+,27+/m0/s1. The molecule has 2 unspecified atom stereocenters. The van der Waals surface area contributed by atoms with E-state index in [1.807, 2.05) is 0 Å². The van der Waals surface area contributed by atoms with Gasteiger partial charge in [0.25, 0.3) is 0 Å². The van der Waals surface area contributed by atoms with Crippen molar-refractivity contribution in [3.8, 4) is 0 Å². The van der Waals surface area contributed by atoms with Crippen LogP contribution in [0.4, 0.5) is 0 Å². The molecule has 0 radical (unpaired) electrons. The van der Waals surface area contributed by atoms with Gasteiger partial charge in [0.05, 0.1) is 6.10 Å². The number of aliphatic hydroxyl groups excluding tert-OH is 2. The summed E-state index contributed by atoms with van der Waals surface area (Å²) in [4.78, 5) is 0. The van der Waals surface area contributed by atoms with Crippen LogP contribution in [-0.2, 0) is 0 Å². The number of aliphatic hydroxyl groups is 2. The third-order valence-corrected chi connectivity index (χ3v) is 10.4. The van der Waals surface area contributed by atoms with Crippen molar-refractivity contribution in [1.82, 2.24) is 0 Å². The molecule has 0 amide bonds. The minimum absolute atomic E-state index is 0.115. The zero-order valence-electron chi connectivity index (χ0n) is 19.7. The molecule has 29 heavy (non-hydrogen) atoms. The number of fused-ring (bicyclic) bond motifs is 5. The molecule has 0 aromatic heterocycles. The molecule has 9 atom stereocenters.